The SMILES string of the molecule is O=C1CC(CCCCCCCCCCCC=S)C(=O)N1C(Cl)(Cl)Cl. The quantitative estimate of drug-likeness (QED) is 0.130. The largest absolute Gasteiger partial charge is 0.276 e. The maximum atomic E-state index is 12.1. The van der Waals surface area contributed by atoms with Crippen molar-refractivity contribution in [1.29, 1.82) is 0 Å². The molecule has 0 spiro atoms. The first-order valence-electron chi connectivity index (χ1n) is 8.75. The van der Waals surface area contributed by atoms with Gasteiger partial charge in [0.1, 0.15) is 0 Å². The number of hydrogen-bond donors (Lipinski definition) is 0. The fourth-order valence-corrected chi connectivity index (χ4v) is 3.74. The Balaban J connectivity index is 2.05. The molecular weight excluding hydrogens is 389 g/mol. The zero-order valence-electron chi connectivity index (χ0n) is 13.9. The van der Waals surface area contributed by atoms with E-state index in [1.165, 1.54) is 44.9 Å². The summed E-state index contributed by atoms with van der Waals surface area (Å²) < 4.78 is -1.97. The van der Waals surface area contributed by atoms with E-state index in [1.807, 2.05) is 5.37 Å². The van der Waals surface area contributed by atoms with Gasteiger partial charge in [-0.15, -0.1) is 0 Å². The normalized spacial score (nSPS) is 18.5. The standard InChI is InChI=1S/C17H26Cl3NO2S/c18-17(19,20)21-15(22)13-14(16(21)23)11-9-7-5-3-1-2-4-6-8-10-12-24/h12,14H,1-11,13H2. The molecule has 0 aromatic rings. The van der Waals surface area contributed by atoms with Crippen molar-refractivity contribution in [2.45, 2.75) is 81.0 Å². The van der Waals surface area contributed by atoms with Crippen molar-refractivity contribution in [2.24, 2.45) is 5.92 Å². The van der Waals surface area contributed by atoms with E-state index in [0.717, 1.165) is 24.2 Å². The Kier molecular flexibility index (Phi) is 10.8. The van der Waals surface area contributed by atoms with E-state index in [-0.39, 0.29) is 18.2 Å². The van der Waals surface area contributed by atoms with E-state index >= 15 is 0 Å². The summed E-state index contributed by atoms with van der Waals surface area (Å²) >= 11 is 21.8. The summed E-state index contributed by atoms with van der Waals surface area (Å²) in [6.07, 6.45) is 12.6. The van der Waals surface area contributed by atoms with Crippen LogP contribution in [-0.4, -0.2) is 26.0 Å². The first-order chi connectivity index (χ1) is 11.4. The molecule has 7 heteroatoms. The molecule has 138 valence electrons. The zero-order chi connectivity index (χ0) is 18.0. The van der Waals surface area contributed by atoms with Gasteiger partial charge in [-0.3, -0.25) is 9.59 Å². The Morgan fingerprint density at radius 2 is 1.46 bits per heavy atom. The van der Waals surface area contributed by atoms with Crippen molar-refractivity contribution in [3.63, 3.8) is 0 Å². The molecule has 1 unspecified atom stereocenters. The summed E-state index contributed by atoms with van der Waals surface area (Å²) in [6.45, 7) is 0. The molecule has 0 bridgehead atoms. The Morgan fingerprint density at radius 1 is 0.958 bits per heavy atom. The summed E-state index contributed by atoms with van der Waals surface area (Å²) in [7, 11) is 0. The highest BCUT2D eigenvalue weighted by atomic mass is 35.6. The van der Waals surface area contributed by atoms with Crippen molar-refractivity contribution in [3.8, 4) is 0 Å². The average Bonchev–Trinajstić information content (AvgIpc) is 2.78. The lowest BCUT2D eigenvalue weighted by molar-refractivity contribution is -0.139. The Hall–Kier alpha value is 0.1000. The summed E-state index contributed by atoms with van der Waals surface area (Å²) in [4.78, 5) is 24.7. The minimum atomic E-state index is -1.97. The number of rotatable bonds is 12. The predicted molar refractivity (Wildman–Crippen MR) is 105 cm³/mol. The summed E-state index contributed by atoms with van der Waals surface area (Å²) in [5, 5.41) is 1.81. The topological polar surface area (TPSA) is 37.4 Å². The second kappa shape index (κ2) is 11.7. The van der Waals surface area contributed by atoms with E-state index < -0.39 is 9.82 Å². The second-order valence-electron chi connectivity index (χ2n) is 6.36. The van der Waals surface area contributed by atoms with Gasteiger partial charge in [-0.25, -0.2) is 4.90 Å². The van der Waals surface area contributed by atoms with Gasteiger partial charge in [0.25, 0.3) is 3.92 Å². The van der Waals surface area contributed by atoms with Crippen LogP contribution in [0.3, 0.4) is 0 Å². The van der Waals surface area contributed by atoms with E-state index in [2.05, 4.69) is 0 Å². The fourth-order valence-electron chi connectivity index (χ4n) is 3.04. The Bertz CT molecular complexity index is 427. The van der Waals surface area contributed by atoms with Crippen LogP contribution in [0.25, 0.3) is 0 Å². The molecule has 1 atom stereocenters. The van der Waals surface area contributed by atoms with Crippen molar-refractivity contribution < 1.29 is 9.59 Å². The number of halogens is 3. The molecule has 0 radical (unpaired) electrons. The van der Waals surface area contributed by atoms with Crippen molar-refractivity contribution in [2.75, 3.05) is 0 Å². The number of carbonyl (C=O) groups excluding carboxylic acids is 2. The molecule has 0 aromatic heterocycles. The van der Waals surface area contributed by atoms with Crippen LogP contribution in [-0.2, 0) is 9.59 Å². The van der Waals surface area contributed by atoms with E-state index in [1.54, 1.807) is 0 Å². The van der Waals surface area contributed by atoms with Crippen molar-refractivity contribution >= 4 is 64.2 Å². The van der Waals surface area contributed by atoms with Crippen LogP contribution in [0.1, 0.15) is 77.0 Å². The minimum Gasteiger partial charge on any atom is -0.274 e. The monoisotopic (exact) mass is 413 g/mol. The molecule has 0 saturated carbocycles. The van der Waals surface area contributed by atoms with Gasteiger partial charge in [-0.05, 0) is 24.6 Å². The molecule has 24 heavy (non-hydrogen) atoms. The maximum Gasteiger partial charge on any atom is 0.276 e. The number of unbranched alkanes of at least 4 members (excludes halogenated alkanes) is 9. The first kappa shape index (κ1) is 22.1. The van der Waals surface area contributed by atoms with Gasteiger partial charge in [0.15, 0.2) is 0 Å². The highest BCUT2D eigenvalue weighted by molar-refractivity contribution is 7.78. The number of imide groups is 1. The third-order valence-corrected chi connectivity index (χ3v) is 5.11. The highest BCUT2D eigenvalue weighted by Crippen LogP contribution is 2.38. The van der Waals surface area contributed by atoms with Crippen molar-refractivity contribution in [1.82, 2.24) is 4.90 Å². The van der Waals surface area contributed by atoms with Crippen molar-refractivity contribution in [3.05, 3.63) is 0 Å². The Labute approximate surface area is 165 Å². The van der Waals surface area contributed by atoms with E-state index in [9.17, 15) is 9.59 Å². The maximum absolute atomic E-state index is 12.1. The third-order valence-electron chi connectivity index (χ3n) is 4.37. The summed E-state index contributed by atoms with van der Waals surface area (Å²) in [6, 6.07) is 0. The van der Waals surface area contributed by atoms with Crippen LogP contribution in [0.15, 0.2) is 0 Å². The molecule has 0 N–H and O–H groups in total. The highest BCUT2D eigenvalue weighted by Gasteiger charge is 2.47. The fraction of sp³-hybridized carbons (Fsp3) is 0.824. The smallest absolute Gasteiger partial charge is 0.274 e. The molecule has 1 heterocycles. The van der Waals surface area contributed by atoms with Crippen LogP contribution in [0.4, 0.5) is 0 Å². The molecular formula is C17H26Cl3NO2S. The van der Waals surface area contributed by atoms with Crippen LogP contribution in [0.2, 0.25) is 0 Å². The molecule has 2 amide bonds. The van der Waals surface area contributed by atoms with E-state index in [4.69, 9.17) is 47.0 Å². The molecule has 1 saturated heterocycles. The number of alkyl halides is 3. The number of thiocarbonyl (C=S) groups is 1. The number of nitrogens with zero attached hydrogens (tertiary/aromatic N) is 1. The molecule has 1 rings (SSSR count). The van der Waals surface area contributed by atoms with Gasteiger partial charge in [-0.1, -0.05) is 98.4 Å². The predicted octanol–water partition coefficient (Wildman–Crippen LogP) is 5.98. The minimum absolute atomic E-state index is 0.161. The van der Waals surface area contributed by atoms with Gasteiger partial charge >= 0.3 is 0 Å². The first-order valence-corrected chi connectivity index (χ1v) is 10.4. The van der Waals surface area contributed by atoms with Gasteiger partial charge < -0.3 is 0 Å². The second-order valence-corrected chi connectivity index (χ2v) is 8.92. The Morgan fingerprint density at radius 3 is 1.92 bits per heavy atom. The number of likely N-dealkylation sites (tertiary alicyclic amines) is 1. The van der Waals surface area contributed by atoms with Gasteiger partial charge in [0, 0.05) is 12.3 Å². The van der Waals surface area contributed by atoms with Gasteiger partial charge in [-0.2, -0.15) is 0 Å². The summed E-state index contributed by atoms with van der Waals surface area (Å²) in [5.74, 6) is -1.07. The lowest BCUT2D eigenvalue weighted by Gasteiger charge is -2.22. The summed E-state index contributed by atoms with van der Waals surface area (Å²) in [5.41, 5.74) is 0. The number of carbonyl (C=O) groups is 2. The van der Waals surface area contributed by atoms with Crippen LogP contribution in [0.5, 0.6) is 0 Å². The number of hydrogen-bond acceptors (Lipinski definition) is 3. The van der Waals surface area contributed by atoms with Gasteiger partial charge in [0.2, 0.25) is 11.8 Å². The van der Waals surface area contributed by atoms with Crippen LogP contribution < -0.4 is 0 Å². The van der Waals surface area contributed by atoms with Crippen LogP contribution in [0, 0.1) is 5.92 Å². The average molecular weight is 415 g/mol. The van der Waals surface area contributed by atoms with E-state index in [0.29, 0.717) is 6.42 Å². The molecule has 1 aliphatic rings. The zero-order valence-corrected chi connectivity index (χ0v) is 17.0. The van der Waals surface area contributed by atoms with Gasteiger partial charge in [0.05, 0.1) is 0 Å². The molecule has 1 fully saturated rings. The third kappa shape index (κ3) is 7.99. The van der Waals surface area contributed by atoms with Crippen LogP contribution >= 0.6 is 47.0 Å². The number of amides is 2. The lowest BCUT2D eigenvalue weighted by Crippen LogP contribution is -2.40. The molecule has 1 aliphatic heterocycles. The molecule has 0 aromatic carbocycles. The lowest BCUT2D eigenvalue weighted by atomic mass is 9.98. The molecule has 3 nitrogen and oxygen atoms in total. The molecule has 0 aliphatic carbocycles.